The van der Waals surface area contributed by atoms with E-state index in [1.54, 1.807) is 0 Å². The molecule has 1 fully saturated rings. The van der Waals surface area contributed by atoms with Gasteiger partial charge in [0.05, 0.1) is 0 Å². The third-order valence-corrected chi connectivity index (χ3v) is 3.41. The van der Waals surface area contributed by atoms with E-state index in [-0.39, 0.29) is 0 Å². The van der Waals surface area contributed by atoms with E-state index in [1.165, 1.54) is 19.3 Å². The highest BCUT2D eigenvalue weighted by Gasteiger charge is 2.40. The molecule has 1 aliphatic rings. The van der Waals surface area contributed by atoms with Gasteiger partial charge in [-0.1, -0.05) is 13.3 Å². The van der Waals surface area contributed by atoms with Gasteiger partial charge in [-0.3, -0.25) is 0 Å². The summed E-state index contributed by atoms with van der Waals surface area (Å²) in [5.74, 6) is 0.766. The molecular weight excluding hydrogens is 136 g/mol. The smallest absolute Gasteiger partial charge is 0.0351 e. The van der Waals surface area contributed by atoms with Crippen molar-refractivity contribution in [1.29, 1.82) is 0 Å². The van der Waals surface area contributed by atoms with Gasteiger partial charge in [0.25, 0.3) is 0 Å². The average molecular weight is 156 g/mol. The molecule has 2 atom stereocenters. The minimum absolute atomic E-state index is 0.306. The van der Waals surface area contributed by atoms with Crippen LogP contribution < -0.4 is 5.73 Å². The van der Waals surface area contributed by atoms with Crippen molar-refractivity contribution in [3.63, 3.8) is 0 Å². The molecule has 0 spiro atoms. The number of rotatable bonds is 2. The SMILES string of the molecule is CC1CCCC1(CN)N(C)C. The lowest BCUT2D eigenvalue weighted by Gasteiger charge is -2.39. The Morgan fingerprint density at radius 2 is 2.18 bits per heavy atom. The first-order chi connectivity index (χ1) is 5.13. The zero-order valence-electron chi connectivity index (χ0n) is 7.93. The summed E-state index contributed by atoms with van der Waals surface area (Å²) in [4.78, 5) is 2.31. The maximum Gasteiger partial charge on any atom is 0.0351 e. The van der Waals surface area contributed by atoms with Crippen molar-refractivity contribution in [2.75, 3.05) is 20.6 Å². The van der Waals surface area contributed by atoms with Gasteiger partial charge in [-0.2, -0.15) is 0 Å². The van der Waals surface area contributed by atoms with Gasteiger partial charge in [-0.05, 0) is 32.9 Å². The standard InChI is InChI=1S/C9H20N2/c1-8-5-4-6-9(8,7-10)11(2)3/h8H,4-7,10H2,1-3H3. The molecular formula is C9H20N2. The molecule has 2 N–H and O–H groups in total. The van der Waals surface area contributed by atoms with Gasteiger partial charge in [0.2, 0.25) is 0 Å². The molecule has 0 aliphatic heterocycles. The Bertz CT molecular complexity index is 134. The molecule has 1 aliphatic carbocycles. The Kier molecular flexibility index (Phi) is 2.55. The number of nitrogens with two attached hydrogens (primary N) is 1. The molecule has 0 amide bonds. The molecule has 0 aromatic heterocycles. The molecule has 0 heterocycles. The highest BCUT2D eigenvalue weighted by molar-refractivity contribution is 4.97. The van der Waals surface area contributed by atoms with Gasteiger partial charge in [0.15, 0.2) is 0 Å². The van der Waals surface area contributed by atoms with Crippen LogP contribution in [0.4, 0.5) is 0 Å². The lowest BCUT2D eigenvalue weighted by Crippen LogP contribution is -2.52. The van der Waals surface area contributed by atoms with Gasteiger partial charge in [0.1, 0.15) is 0 Å². The lowest BCUT2D eigenvalue weighted by atomic mass is 9.87. The normalized spacial score (nSPS) is 38.5. The predicted octanol–water partition coefficient (Wildman–Crippen LogP) is 1.07. The van der Waals surface area contributed by atoms with Crippen molar-refractivity contribution < 1.29 is 0 Å². The fourth-order valence-electron chi connectivity index (χ4n) is 2.38. The molecule has 0 bridgehead atoms. The van der Waals surface area contributed by atoms with Crippen LogP contribution in [0.1, 0.15) is 26.2 Å². The Balaban J connectivity index is 2.73. The third-order valence-electron chi connectivity index (χ3n) is 3.41. The van der Waals surface area contributed by atoms with E-state index in [0.29, 0.717) is 5.54 Å². The van der Waals surface area contributed by atoms with Crippen molar-refractivity contribution in [3.05, 3.63) is 0 Å². The maximum absolute atomic E-state index is 5.82. The van der Waals surface area contributed by atoms with Crippen molar-refractivity contribution in [2.24, 2.45) is 11.7 Å². The van der Waals surface area contributed by atoms with Gasteiger partial charge in [0, 0.05) is 12.1 Å². The first-order valence-corrected chi connectivity index (χ1v) is 4.51. The van der Waals surface area contributed by atoms with Crippen LogP contribution in [0, 0.1) is 5.92 Å². The lowest BCUT2D eigenvalue weighted by molar-refractivity contribution is 0.120. The van der Waals surface area contributed by atoms with E-state index in [2.05, 4.69) is 25.9 Å². The van der Waals surface area contributed by atoms with Gasteiger partial charge in [-0.15, -0.1) is 0 Å². The van der Waals surface area contributed by atoms with Crippen molar-refractivity contribution in [3.8, 4) is 0 Å². The van der Waals surface area contributed by atoms with Crippen molar-refractivity contribution in [1.82, 2.24) is 4.90 Å². The number of hydrogen-bond acceptors (Lipinski definition) is 2. The van der Waals surface area contributed by atoms with Crippen LogP contribution in [0.5, 0.6) is 0 Å². The van der Waals surface area contributed by atoms with E-state index in [9.17, 15) is 0 Å². The summed E-state index contributed by atoms with van der Waals surface area (Å²) < 4.78 is 0. The Labute approximate surface area is 69.8 Å². The number of nitrogens with zero attached hydrogens (tertiary/aromatic N) is 1. The molecule has 1 saturated carbocycles. The second kappa shape index (κ2) is 3.11. The van der Waals surface area contributed by atoms with Gasteiger partial charge < -0.3 is 10.6 Å². The Morgan fingerprint density at radius 1 is 1.55 bits per heavy atom. The fraction of sp³-hybridized carbons (Fsp3) is 1.00. The molecule has 2 unspecified atom stereocenters. The fourth-order valence-corrected chi connectivity index (χ4v) is 2.38. The molecule has 1 rings (SSSR count). The minimum atomic E-state index is 0.306. The first-order valence-electron chi connectivity index (χ1n) is 4.51. The largest absolute Gasteiger partial charge is 0.329 e. The van der Waals surface area contributed by atoms with E-state index in [1.807, 2.05) is 0 Å². The van der Waals surface area contributed by atoms with Crippen LogP contribution >= 0.6 is 0 Å². The molecule has 11 heavy (non-hydrogen) atoms. The van der Waals surface area contributed by atoms with Crippen LogP contribution in [-0.2, 0) is 0 Å². The highest BCUT2D eigenvalue weighted by Crippen LogP contribution is 2.37. The summed E-state index contributed by atoms with van der Waals surface area (Å²) in [6.07, 6.45) is 3.96. The molecule has 2 heteroatoms. The van der Waals surface area contributed by atoms with E-state index < -0.39 is 0 Å². The van der Waals surface area contributed by atoms with Crippen LogP contribution in [-0.4, -0.2) is 31.1 Å². The monoisotopic (exact) mass is 156 g/mol. The van der Waals surface area contributed by atoms with Crippen molar-refractivity contribution >= 4 is 0 Å². The maximum atomic E-state index is 5.82. The Hall–Kier alpha value is -0.0800. The third kappa shape index (κ3) is 1.30. The zero-order valence-corrected chi connectivity index (χ0v) is 7.93. The molecule has 0 saturated heterocycles. The molecule has 66 valence electrons. The molecule has 0 aromatic rings. The zero-order chi connectivity index (χ0) is 8.48. The van der Waals surface area contributed by atoms with E-state index in [4.69, 9.17) is 5.73 Å². The summed E-state index contributed by atoms with van der Waals surface area (Å²) >= 11 is 0. The van der Waals surface area contributed by atoms with Crippen LogP contribution in [0.25, 0.3) is 0 Å². The summed E-state index contributed by atoms with van der Waals surface area (Å²) in [5.41, 5.74) is 6.12. The topological polar surface area (TPSA) is 29.3 Å². The van der Waals surface area contributed by atoms with Crippen molar-refractivity contribution in [2.45, 2.75) is 31.7 Å². The first kappa shape index (κ1) is 9.01. The van der Waals surface area contributed by atoms with Crippen LogP contribution in [0.2, 0.25) is 0 Å². The second-order valence-electron chi connectivity index (χ2n) is 4.00. The number of hydrogen-bond donors (Lipinski definition) is 1. The second-order valence-corrected chi connectivity index (χ2v) is 4.00. The molecule has 0 radical (unpaired) electrons. The summed E-state index contributed by atoms with van der Waals surface area (Å²) in [7, 11) is 4.30. The minimum Gasteiger partial charge on any atom is -0.329 e. The van der Waals surface area contributed by atoms with Crippen LogP contribution in [0.3, 0.4) is 0 Å². The quantitative estimate of drug-likeness (QED) is 0.648. The highest BCUT2D eigenvalue weighted by atomic mass is 15.2. The molecule has 0 aromatic carbocycles. The Morgan fingerprint density at radius 3 is 2.36 bits per heavy atom. The average Bonchev–Trinajstić information content (AvgIpc) is 2.32. The predicted molar refractivity (Wildman–Crippen MR) is 48.5 cm³/mol. The van der Waals surface area contributed by atoms with Crippen LogP contribution in [0.15, 0.2) is 0 Å². The summed E-state index contributed by atoms with van der Waals surface area (Å²) in [5, 5.41) is 0. The summed E-state index contributed by atoms with van der Waals surface area (Å²) in [6.45, 7) is 3.13. The number of likely N-dealkylation sites (N-methyl/N-ethyl adjacent to an activating group) is 1. The van der Waals surface area contributed by atoms with E-state index in [0.717, 1.165) is 12.5 Å². The molecule has 2 nitrogen and oxygen atoms in total. The summed E-state index contributed by atoms with van der Waals surface area (Å²) in [6, 6.07) is 0. The van der Waals surface area contributed by atoms with E-state index >= 15 is 0 Å². The van der Waals surface area contributed by atoms with Gasteiger partial charge in [-0.25, -0.2) is 0 Å². The van der Waals surface area contributed by atoms with Gasteiger partial charge >= 0.3 is 0 Å².